The van der Waals surface area contributed by atoms with E-state index in [1.165, 1.54) is 40.6 Å². The van der Waals surface area contributed by atoms with Gasteiger partial charge in [0.1, 0.15) is 0 Å². The molecule has 1 saturated heterocycles. The van der Waals surface area contributed by atoms with E-state index in [0.29, 0.717) is 12.0 Å². The highest BCUT2D eigenvalue weighted by Crippen LogP contribution is 2.29. The summed E-state index contributed by atoms with van der Waals surface area (Å²) in [5.41, 5.74) is 5.22. The lowest BCUT2D eigenvalue weighted by molar-refractivity contribution is 0.0569. The number of fused-ring (bicyclic) bond motifs is 1. The zero-order chi connectivity index (χ0) is 24.6. The van der Waals surface area contributed by atoms with Crippen LogP contribution in [0.25, 0.3) is 10.9 Å². The number of rotatable bonds is 11. The van der Waals surface area contributed by atoms with Crippen molar-refractivity contribution in [3.8, 4) is 0 Å². The van der Waals surface area contributed by atoms with E-state index < -0.39 is 0 Å². The predicted molar refractivity (Wildman–Crippen MR) is 147 cm³/mol. The van der Waals surface area contributed by atoms with E-state index in [-0.39, 0.29) is 0 Å². The van der Waals surface area contributed by atoms with E-state index in [2.05, 4.69) is 86.5 Å². The molecule has 0 radical (unpaired) electrons. The number of hydrogen-bond acceptors (Lipinski definition) is 4. The molecule has 3 heterocycles. The molecule has 36 heavy (non-hydrogen) atoms. The average Bonchev–Trinajstić information content (AvgIpc) is 3.34. The molecule has 0 bridgehead atoms. The van der Waals surface area contributed by atoms with Crippen molar-refractivity contribution in [3.63, 3.8) is 0 Å². The second-order valence-corrected chi connectivity index (χ2v) is 10.1. The minimum absolute atomic E-state index is 0.470. The molecular weight excluding hydrogens is 444 g/mol. The Morgan fingerprint density at radius 1 is 1.00 bits per heavy atom. The molecule has 5 rings (SSSR count). The molecule has 1 atom stereocenters. The molecule has 0 amide bonds. The van der Waals surface area contributed by atoms with Crippen LogP contribution in [0.1, 0.15) is 29.7 Å². The van der Waals surface area contributed by atoms with Gasteiger partial charge in [0.25, 0.3) is 0 Å². The van der Waals surface area contributed by atoms with Crippen molar-refractivity contribution >= 4 is 10.9 Å². The van der Waals surface area contributed by atoms with Crippen LogP contribution in [0, 0.1) is 5.92 Å². The molecule has 5 nitrogen and oxygen atoms in total. The molecule has 1 aliphatic heterocycles. The molecule has 0 spiro atoms. The Hall–Kier alpha value is -2.99. The van der Waals surface area contributed by atoms with Gasteiger partial charge in [0, 0.05) is 56.4 Å². The fourth-order valence-corrected chi connectivity index (χ4v) is 5.70. The first-order valence-corrected chi connectivity index (χ1v) is 13.2. The van der Waals surface area contributed by atoms with Crippen LogP contribution in [-0.4, -0.2) is 59.2 Å². The van der Waals surface area contributed by atoms with Gasteiger partial charge < -0.3 is 9.72 Å². The number of aromatic nitrogens is 2. The Labute approximate surface area is 215 Å². The third-order valence-corrected chi connectivity index (χ3v) is 7.60. The zero-order valence-corrected chi connectivity index (χ0v) is 21.4. The summed E-state index contributed by atoms with van der Waals surface area (Å²) in [6.45, 7) is 5.84. The van der Waals surface area contributed by atoms with Gasteiger partial charge in [-0.05, 0) is 73.0 Å². The predicted octanol–water partition coefficient (Wildman–Crippen LogP) is 5.53. The molecule has 0 unspecified atom stereocenters. The first kappa shape index (κ1) is 24.7. The fourth-order valence-electron chi connectivity index (χ4n) is 5.70. The highest BCUT2D eigenvalue weighted by Gasteiger charge is 2.31. The third kappa shape index (κ3) is 6.41. The lowest BCUT2D eigenvalue weighted by Gasteiger charge is -2.41. The highest BCUT2D eigenvalue weighted by atomic mass is 16.5. The first-order valence-electron chi connectivity index (χ1n) is 13.2. The van der Waals surface area contributed by atoms with Crippen molar-refractivity contribution in [2.45, 2.75) is 38.4 Å². The molecular formula is C31H38N4O. The van der Waals surface area contributed by atoms with Gasteiger partial charge in [-0.3, -0.25) is 14.8 Å². The van der Waals surface area contributed by atoms with Crippen molar-refractivity contribution in [2.75, 3.05) is 33.4 Å². The van der Waals surface area contributed by atoms with E-state index in [0.717, 1.165) is 45.8 Å². The van der Waals surface area contributed by atoms with Gasteiger partial charge in [-0.15, -0.1) is 0 Å². The summed E-state index contributed by atoms with van der Waals surface area (Å²) < 4.78 is 5.54. The molecule has 4 aromatic rings. The van der Waals surface area contributed by atoms with Crippen LogP contribution in [0.2, 0.25) is 0 Å². The summed E-state index contributed by atoms with van der Waals surface area (Å²) in [6.07, 6.45) is 7.36. The van der Waals surface area contributed by atoms with E-state index in [9.17, 15) is 0 Å². The van der Waals surface area contributed by atoms with Crippen molar-refractivity contribution in [1.29, 1.82) is 0 Å². The number of piperidine rings is 1. The Morgan fingerprint density at radius 3 is 2.53 bits per heavy atom. The second kappa shape index (κ2) is 12.3. The van der Waals surface area contributed by atoms with Gasteiger partial charge >= 0.3 is 0 Å². The number of H-pyrrole nitrogens is 1. The number of para-hydroxylation sites is 1. The number of benzene rings is 2. The minimum atomic E-state index is 0.470. The van der Waals surface area contributed by atoms with Crippen molar-refractivity contribution in [3.05, 3.63) is 102 Å². The van der Waals surface area contributed by atoms with Gasteiger partial charge in [0.2, 0.25) is 0 Å². The van der Waals surface area contributed by atoms with Crippen LogP contribution in [0.4, 0.5) is 0 Å². The first-order chi connectivity index (χ1) is 17.8. The molecule has 1 aliphatic rings. The molecule has 0 saturated carbocycles. The maximum absolute atomic E-state index is 5.54. The quantitative estimate of drug-likeness (QED) is 0.305. The number of aromatic amines is 1. The van der Waals surface area contributed by atoms with E-state index >= 15 is 0 Å². The Morgan fingerprint density at radius 2 is 1.78 bits per heavy atom. The van der Waals surface area contributed by atoms with Gasteiger partial charge in [0.05, 0.1) is 6.61 Å². The maximum Gasteiger partial charge on any atom is 0.0589 e. The second-order valence-electron chi connectivity index (χ2n) is 10.1. The minimum Gasteiger partial charge on any atom is -0.383 e. The molecule has 1 fully saturated rings. The normalized spacial score (nSPS) is 16.1. The maximum atomic E-state index is 5.54. The lowest BCUT2D eigenvalue weighted by atomic mass is 9.84. The molecule has 188 valence electrons. The van der Waals surface area contributed by atoms with Crippen LogP contribution < -0.4 is 0 Å². The monoisotopic (exact) mass is 482 g/mol. The summed E-state index contributed by atoms with van der Waals surface area (Å²) in [7, 11) is 1.80. The SMILES string of the molecule is COCCN(Cc1cccnc1)[C@@H](Cc1ccccc1)C1CCN(Cc2cc3ccccc3[nH]2)CC1. The van der Waals surface area contributed by atoms with Gasteiger partial charge in [-0.1, -0.05) is 54.6 Å². The highest BCUT2D eigenvalue weighted by molar-refractivity contribution is 5.80. The number of hydrogen-bond donors (Lipinski definition) is 1. The fraction of sp³-hybridized carbons (Fsp3) is 0.387. The Bertz CT molecular complexity index is 1150. The van der Waals surface area contributed by atoms with E-state index in [4.69, 9.17) is 4.74 Å². The summed E-state index contributed by atoms with van der Waals surface area (Å²) in [5.74, 6) is 0.651. The van der Waals surface area contributed by atoms with Crippen LogP contribution in [0.15, 0.2) is 85.2 Å². The number of nitrogens with zero attached hydrogens (tertiary/aromatic N) is 3. The number of nitrogens with one attached hydrogen (secondary N) is 1. The van der Waals surface area contributed by atoms with Gasteiger partial charge in [-0.25, -0.2) is 0 Å². The topological polar surface area (TPSA) is 44.4 Å². The Kier molecular flexibility index (Phi) is 8.44. The smallest absolute Gasteiger partial charge is 0.0589 e. The summed E-state index contributed by atoms with van der Waals surface area (Å²) in [4.78, 5) is 13.2. The summed E-state index contributed by atoms with van der Waals surface area (Å²) in [5, 5.41) is 1.30. The number of pyridine rings is 1. The van der Waals surface area contributed by atoms with E-state index in [1.807, 2.05) is 18.5 Å². The molecule has 5 heteroatoms. The zero-order valence-electron chi connectivity index (χ0n) is 21.4. The summed E-state index contributed by atoms with van der Waals surface area (Å²) >= 11 is 0. The third-order valence-electron chi connectivity index (χ3n) is 7.60. The number of likely N-dealkylation sites (tertiary alicyclic amines) is 1. The van der Waals surface area contributed by atoms with Gasteiger partial charge in [0.15, 0.2) is 0 Å². The van der Waals surface area contributed by atoms with E-state index in [1.54, 1.807) is 7.11 Å². The molecule has 2 aromatic carbocycles. The molecule has 1 N–H and O–H groups in total. The molecule has 0 aliphatic carbocycles. The van der Waals surface area contributed by atoms with Crippen LogP contribution in [0.5, 0.6) is 0 Å². The Balaban J connectivity index is 1.29. The largest absolute Gasteiger partial charge is 0.383 e. The number of ether oxygens (including phenoxy) is 1. The van der Waals surface area contributed by atoms with Crippen molar-refractivity contribution in [2.24, 2.45) is 5.92 Å². The standard InChI is InChI=1S/C31H38N4O/c1-36-19-18-35(23-26-10-7-15-32-22-26)31(20-25-8-3-2-4-9-25)27-13-16-34(17-14-27)24-29-21-28-11-5-6-12-30(28)33-29/h2-12,15,21-22,27,31,33H,13-14,16-20,23-24H2,1H3/t31-/m0/s1. The summed E-state index contributed by atoms with van der Waals surface area (Å²) in [6, 6.07) is 26.5. The van der Waals surface area contributed by atoms with Crippen molar-refractivity contribution < 1.29 is 4.74 Å². The van der Waals surface area contributed by atoms with Gasteiger partial charge in [-0.2, -0.15) is 0 Å². The van der Waals surface area contributed by atoms with Crippen LogP contribution in [0.3, 0.4) is 0 Å². The van der Waals surface area contributed by atoms with Crippen molar-refractivity contribution in [1.82, 2.24) is 19.8 Å². The number of methoxy groups -OCH3 is 1. The lowest BCUT2D eigenvalue weighted by Crippen LogP contribution is -2.47. The van der Waals surface area contributed by atoms with Crippen LogP contribution >= 0.6 is 0 Å². The molecule has 2 aromatic heterocycles. The average molecular weight is 483 g/mol. The van der Waals surface area contributed by atoms with Crippen LogP contribution in [-0.2, 0) is 24.2 Å².